The summed E-state index contributed by atoms with van der Waals surface area (Å²) >= 11 is 0. The zero-order chi connectivity index (χ0) is 13.7. The second-order valence-electron chi connectivity index (χ2n) is 7.06. The third-order valence-corrected chi connectivity index (χ3v) is 5.56. The Morgan fingerprint density at radius 2 is 2.11 bits per heavy atom. The number of fused-ring (bicyclic) bond motifs is 4. The van der Waals surface area contributed by atoms with Gasteiger partial charge < -0.3 is 0 Å². The summed E-state index contributed by atoms with van der Waals surface area (Å²) in [5, 5.41) is 0. The Hall–Kier alpha value is -1.08. The molecule has 3 atom stereocenters. The van der Waals surface area contributed by atoms with Gasteiger partial charge in [-0.15, -0.1) is 6.58 Å². The molecule has 1 fully saturated rings. The van der Waals surface area contributed by atoms with E-state index >= 15 is 0 Å². The largest absolute Gasteiger partial charge is 0.297 e. The predicted molar refractivity (Wildman–Crippen MR) is 81.5 cm³/mol. The van der Waals surface area contributed by atoms with Gasteiger partial charge in [0.05, 0.1) is 0 Å². The van der Waals surface area contributed by atoms with Crippen LogP contribution in [0.4, 0.5) is 0 Å². The van der Waals surface area contributed by atoms with Crippen LogP contribution in [0.2, 0.25) is 0 Å². The molecule has 2 aliphatic rings. The lowest BCUT2D eigenvalue weighted by atomic mass is 9.59. The minimum atomic E-state index is 0.257. The van der Waals surface area contributed by atoms with E-state index in [2.05, 4.69) is 62.7 Å². The molecule has 2 bridgehead atoms. The average Bonchev–Trinajstić information content (AvgIpc) is 2.36. The molecule has 0 N–H and O–H groups in total. The van der Waals surface area contributed by atoms with Gasteiger partial charge in [-0.25, -0.2) is 0 Å². The molecule has 0 radical (unpaired) electrons. The van der Waals surface area contributed by atoms with Crippen molar-refractivity contribution in [1.29, 1.82) is 0 Å². The summed E-state index contributed by atoms with van der Waals surface area (Å²) in [7, 11) is 2.31. The number of nitrogens with zero attached hydrogens (tertiary/aromatic N) is 1. The average molecular weight is 255 g/mol. The fourth-order valence-corrected chi connectivity index (χ4v) is 4.62. The lowest BCUT2D eigenvalue weighted by molar-refractivity contribution is -0.00842. The van der Waals surface area contributed by atoms with Crippen molar-refractivity contribution in [2.75, 3.05) is 7.05 Å². The molecule has 1 heterocycles. The Morgan fingerprint density at radius 1 is 1.37 bits per heavy atom. The second-order valence-corrected chi connectivity index (χ2v) is 7.06. The van der Waals surface area contributed by atoms with Crippen LogP contribution in [-0.2, 0) is 11.8 Å². The third kappa shape index (κ3) is 1.87. The number of likely N-dealkylation sites (tertiary alicyclic amines) is 1. The Balaban J connectivity index is 2.07. The highest BCUT2D eigenvalue weighted by atomic mass is 15.2. The van der Waals surface area contributed by atoms with Crippen molar-refractivity contribution >= 4 is 0 Å². The van der Waals surface area contributed by atoms with Gasteiger partial charge in [0.2, 0.25) is 0 Å². The monoisotopic (exact) mass is 255 g/mol. The molecule has 1 nitrogen and oxygen atoms in total. The first-order chi connectivity index (χ1) is 8.98. The SMILES string of the molecule is C=CC[C@]1(C)CC2(C)CC(Cc3ccccc32)N1C. The molecule has 1 heteroatoms. The Morgan fingerprint density at radius 3 is 2.84 bits per heavy atom. The van der Waals surface area contributed by atoms with Crippen molar-refractivity contribution in [2.24, 2.45) is 0 Å². The van der Waals surface area contributed by atoms with E-state index in [1.165, 1.54) is 19.3 Å². The van der Waals surface area contributed by atoms with E-state index in [9.17, 15) is 0 Å². The predicted octanol–water partition coefficient (Wildman–Crippen LogP) is 3.93. The lowest BCUT2D eigenvalue weighted by Gasteiger charge is -2.57. The van der Waals surface area contributed by atoms with Gasteiger partial charge in [-0.1, -0.05) is 37.3 Å². The van der Waals surface area contributed by atoms with Crippen molar-refractivity contribution in [1.82, 2.24) is 4.90 Å². The fraction of sp³-hybridized carbons (Fsp3) is 0.556. The Labute approximate surface area is 117 Å². The minimum Gasteiger partial charge on any atom is -0.297 e. The molecule has 3 rings (SSSR count). The number of hydrogen-bond donors (Lipinski definition) is 0. The van der Waals surface area contributed by atoms with Gasteiger partial charge in [0.1, 0.15) is 0 Å². The molecule has 102 valence electrons. The summed E-state index contributed by atoms with van der Waals surface area (Å²) in [4.78, 5) is 2.62. The van der Waals surface area contributed by atoms with Crippen molar-refractivity contribution < 1.29 is 0 Å². The molecule has 0 amide bonds. The molecule has 19 heavy (non-hydrogen) atoms. The molecule has 0 spiro atoms. The van der Waals surface area contributed by atoms with Crippen LogP contribution < -0.4 is 0 Å². The maximum atomic E-state index is 3.97. The highest BCUT2D eigenvalue weighted by molar-refractivity contribution is 5.39. The molecule has 2 unspecified atom stereocenters. The molecular weight excluding hydrogens is 230 g/mol. The van der Waals surface area contributed by atoms with Crippen LogP contribution >= 0.6 is 0 Å². The van der Waals surface area contributed by atoms with E-state index in [0.717, 1.165) is 6.42 Å². The van der Waals surface area contributed by atoms with E-state index in [1.807, 2.05) is 0 Å². The summed E-state index contributed by atoms with van der Waals surface area (Å²) in [6.07, 6.45) is 6.91. The zero-order valence-electron chi connectivity index (χ0n) is 12.4. The highest BCUT2D eigenvalue weighted by Crippen LogP contribution is 2.50. The van der Waals surface area contributed by atoms with E-state index in [0.29, 0.717) is 11.5 Å². The van der Waals surface area contributed by atoms with Gasteiger partial charge in [-0.2, -0.15) is 0 Å². The quantitative estimate of drug-likeness (QED) is 0.724. The number of likely N-dealkylation sites (N-methyl/N-ethyl adjacent to an activating group) is 1. The van der Waals surface area contributed by atoms with E-state index in [-0.39, 0.29) is 5.54 Å². The molecule has 1 aliphatic carbocycles. The first-order valence-electron chi connectivity index (χ1n) is 7.41. The molecule has 1 aromatic rings. The lowest BCUT2D eigenvalue weighted by Crippen LogP contribution is -2.61. The van der Waals surface area contributed by atoms with Crippen molar-refractivity contribution in [3.8, 4) is 0 Å². The van der Waals surface area contributed by atoms with Gasteiger partial charge in [0, 0.05) is 11.6 Å². The third-order valence-electron chi connectivity index (χ3n) is 5.56. The highest BCUT2D eigenvalue weighted by Gasteiger charge is 2.50. The number of rotatable bonds is 2. The summed E-state index contributed by atoms with van der Waals surface area (Å²) < 4.78 is 0. The number of hydrogen-bond acceptors (Lipinski definition) is 1. The molecule has 0 aromatic heterocycles. The van der Waals surface area contributed by atoms with Crippen molar-refractivity contribution in [2.45, 2.75) is 56.5 Å². The van der Waals surface area contributed by atoms with Crippen LogP contribution in [0.25, 0.3) is 0 Å². The topological polar surface area (TPSA) is 3.24 Å². The van der Waals surface area contributed by atoms with E-state index in [1.54, 1.807) is 11.1 Å². The summed E-state index contributed by atoms with van der Waals surface area (Å²) in [6, 6.07) is 9.74. The molecule has 0 saturated carbocycles. The normalized spacial score (nSPS) is 37.7. The minimum absolute atomic E-state index is 0.257. The van der Waals surface area contributed by atoms with Gasteiger partial charge in [-0.05, 0) is 56.2 Å². The summed E-state index contributed by atoms with van der Waals surface area (Å²) in [6.45, 7) is 8.84. The van der Waals surface area contributed by atoms with Crippen molar-refractivity contribution in [3.63, 3.8) is 0 Å². The molecule has 1 saturated heterocycles. The maximum Gasteiger partial charge on any atom is 0.0224 e. The first kappa shape index (κ1) is 12.9. The maximum absolute atomic E-state index is 3.97. The Bertz CT molecular complexity index is 506. The van der Waals surface area contributed by atoms with Crippen LogP contribution in [0.5, 0.6) is 0 Å². The standard InChI is InChI=1S/C18H25N/c1-5-10-18(3)13-17(2)12-15(19(18)4)11-14-8-6-7-9-16(14)17/h5-9,15H,1,10-13H2,2-4H3/t15?,17?,18-/m1/s1. The van der Waals surface area contributed by atoms with E-state index in [4.69, 9.17) is 0 Å². The van der Waals surface area contributed by atoms with Gasteiger partial charge in [0.15, 0.2) is 0 Å². The van der Waals surface area contributed by atoms with Crippen LogP contribution in [0.1, 0.15) is 44.2 Å². The van der Waals surface area contributed by atoms with Crippen LogP contribution in [0, 0.1) is 0 Å². The van der Waals surface area contributed by atoms with E-state index < -0.39 is 0 Å². The molecular formula is C18H25N. The van der Waals surface area contributed by atoms with Crippen molar-refractivity contribution in [3.05, 3.63) is 48.0 Å². The molecule has 1 aliphatic heterocycles. The number of benzene rings is 1. The smallest absolute Gasteiger partial charge is 0.0224 e. The van der Waals surface area contributed by atoms with Crippen LogP contribution in [-0.4, -0.2) is 23.5 Å². The van der Waals surface area contributed by atoms with Gasteiger partial charge >= 0.3 is 0 Å². The fourth-order valence-electron chi connectivity index (χ4n) is 4.62. The summed E-state index contributed by atoms with van der Waals surface area (Å²) in [5.41, 5.74) is 3.75. The van der Waals surface area contributed by atoms with Gasteiger partial charge in [-0.3, -0.25) is 4.90 Å². The molecule has 1 aromatic carbocycles. The van der Waals surface area contributed by atoms with Crippen LogP contribution in [0.15, 0.2) is 36.9 Å². The second kappa shape index (κ2) is 4.21. The first-order valence-corrected chi connectivity index (χ1v) is 7.41. The Kier molecular flexibility index (Phi) is 2.86. The number of piperidine rings is 1. The van der Waals surface area contributed by atoms with Crippen LogP contribution in [0.3, 0.4) is 0 Å². The summed E-state index contributed by atoms with van der Waals surface area (Å²) in [5.74, 6) is 0. The zero-order valence-corrected chi connectivity index (χ0v) is 12.4. The van der Waals surface area contributed by atoms with Gasteiger partial charge in [0.25, 0.3) is 0 Å².